The quantitative estimate of drug-likeness (QED) is 0.750. The van der Waals surface area contributed by atoms with Crippen LogP contribution >= 0.6 is 15.9 Å². The van der Waals surface area contributed by atoms with Crippen LogP contribution in [0.3, 0.4) is 0 Å². The predicted molar refractivity (Wildman–Crippen MR) is 78.8 cm³/mol. The van der Waals surface area contributed by atoms with Crippen LogP contribution < -0.4 is 0 Å². The summed E-state index contributed by atoms with van der Waals surface area (Å²) in [5.74, 6) is 0.460. The maximum Gasteiger partial charge on any atom is 0.289 e. The van der Waals surface area contributed by atoms with Gasteiger partial charge in [0.05, 0.1) is 0 Å². The smallest absolute Gasteiger partial charge is 0.289 e. The Bertz CT molecular complexity index is 612. The number of fused-ring (bicyclic) bond motifs is 1. The van der Waals surface area contributed by atoms with Crippen molar-refractivity contribution >= 4 is 32.8 Å². The number of aryl methyl sites for hydroxylation is 1. The molecule has 3 rings (SSSR count). The molecule has 1 aliphatic rings. The molecule has 0 atom stereocenters. The summed E-state index contributed by atoms with van der Waals surface area (Å²) in [7, 11) is 0. The lowest BCUT2D eigenvalue weighted by atomic mass is 10.1. The Labute approximate surface area is 120 Å². The van der Waals surface area contributed by atoms with Crippen LogP contribution in [0.25, 0.3) is 11.0 Å². The molecule has 1 fully saturated rings. The molecule has 1 aromatic carbocycles. The Morgan fingerprint density at radius 3 is 2.79 bits per heavy atom. The first-order valence-corrected chi connectivity index (χ1v) is 7.48. The van der Waals surface area contributed by atoms with Crippen LogP contribution in [-0.4, -0.2) is 28.7 Å². The lowest BCUT2D eigenvalue weighted by Crippen LogP contribution is -2.38. The molecule has 19 heavy (non-hydrogen) atoms. The van der Waals surface area contributed by atoms with Gasteiger partial charge in [-0.3, -0.25) is 4.79 Å². The first-order chi connectivity index (χ1) is 9.13. The molecule has 1 amide bonds. The highest BCUT2D eigenvalue weighted by atomic mass is 79.9. The van der Waals surface area contributed by atoms with Gasteiger partial charge >= 0.3 is 0 Å². The van der Waals surface area contributed by atoms with Crippen molar-refractivity contribution in [3.63, 3.8) is 0 Å². The number of carbonyl (C=O) groups excluding carboxylic acids is 1. The lowest BCUT2D eigenvalue weighted by Gasteiger charge is -2.28. The molecule has 1 aliphatic heterocycles. The van der Waals surface area contributed by atoms with Crippen LogP contribution in [0, 0.1) is 6.92 Å². The summed E-state index contributed by atoms with van der Waals surface area (Å²) < 4.78 is 5.66. The third kappa shape index (κ3) is 2.54. The molecule has 2 aromatic rings. The largest absolute Gasteiger partial charge is 0.451 e. The minimum absolute atomic E-state index is 0.00764. The summed E-state index contributed by atoms with van der Waals surface area (Å²) in [6.07, 6.45) is 2.01. The van der Waals surface area contributed by atoms with Gasteiger partial charge in [-0.05, 0) is 38.0 Å². The van der Waals surface area contributed by atoms with Crippen molar-refractivity contribution in [3.05, 3.63) is 35.6 Å². The van der Waals surface area contributed by atoms with Gasteiger partial charge in [0, 0.05) is 23.3 Å². The average molecular weight is 322 g/mol. The molecular weight excluding hydrogens is 306 g/mol. The highest BCUT2D eigenvalue weighted by molar-refractivity contribution is 9.09. The van der Waals surface area contributed by atoms with Gasteiger partial charge in [-0.2, -0.15) is 0 Å². The van der Waals surface area contributed by atoms with Gasteiger partial charge in [0.15, 0.2) is 5.76 Å². The SMILES string of the molecule is Cc1ccc2oc(C(=O)N3CCC(Br)CC3)cc2c1. The van der Waals surface area contributed by atoms with Crippen LogP contribution in [0.2, 0.25) is 0 Å². The maximum atomic E-state index is 12.4. The van der Waals surface area contributed by atoms with Gasteiger partial charge in [0.25, 0.3) is 5.91 Å². The molecular formula is C15H16BrNO2. The van der Waals surface area contributed by atoms with Crippen molar-refractivity contribution in [1.29, 1.82) is 0 Å². The fraction of sp³-hybridized carbons (Fsp3) is 0.400. The van der Waals surface area contributed by atoms with E-state index in [1.807, 2.05) is 36.1 Å². The predicted octanol–water partition coefficient (Wildman–Crippen LogP) is 3.74. The van der Waals surface area contributed by atoms with Gasteiger partial charge in [0.2, 0.25) is 0 Å². The Kier molecular flexibility index (Phi) is 3.35. The molecule has 3 nitrogen and oxygen atoms in total. The van der Waals surface area contributed by atoms with E-state index in [1.54, 1.807) is 0 Å². The topological polar surface area (TPSA) is 33.5 Å². The van der Waals surface area contributed by atoms with Gasteiger partial charge in [-0.25, -0.2) is 0 Å². The fourth-order valence-electron chi connectivity index (χ4n) is 2.48. The Balaban J connectivity index is 1.85. The molecule has 0 N–H and O–H groups in total. The third-order valence-corrected chi connectivity index (χ3v) is 4.51. The highest BCUT2D eigenvalue weighted by Crippen LogP contribution is 2.24. The van der Waals surface area contributed by atoms with E-state index in [0.29, 0.717) is 10.6 Å². The third-order valence-electron chi connectivity index (χ3n) is 3.59. The number of alkyl halides is 1. The minimum Gasteiger partial charge on any atom is -0.451 e. The summed E-state index contributed by atoms with van der Waals surface area (Å²) in [5.41, 5.74) is 1.96. The van der Waals surface area contributed by atoms with E-state index in [1.165, 1.54) is 5.56 Å². The van der Waals surface area contributed by atoms with Gasteiger partial charge in [-0.1, -0.05) is 27.6 Å². The van der Waals surface area contributed by atoms with Crippen molar-refractivity contribution in [2.45, 2.75) is 24.6 Å². The monoisotopic (exact) mass is 321 g/mol. The molecule has 0 radical (unpaired) electrons. The van der Waals surface area contributed by atoms with Crippen LogP contribution in [0.15, 0.2) is 28.7 Å². The first kappa shape index (κ1) is 12.7. The van der Waals surface area contributed by atoms with Crippen LogP contribution in [0.1, 0.15) is 29.0 Å². The molecule has 0 saturated carbocycles. The number of benzene rings is 1. The van der Waals surface area contributed by atoms with Crippen LogP contribution in [0.4, 0.5) is 0 Å². The molecule has 1 saturated heterocycles. The van der Waals surface area contributed by atoms with Crippen LogP contribution in [-0.2, 0) is 0 Å². The molecule has 2 heterocycles. The number of carbonyl (C=O) groups is 1. The van der Waals surface area contributed by atoms with Crippen molar-refractivity contribution in [2.24, 2.45) is 0 Å². The zero-order chi connectivity index (χ0) is 13.4. The second-order valence-electron chi connectivity index (χ2n) is 5.12. The minimum atomic E-state index is 0.00764. The fourth-order valence-corrected chi connectivity index (χ4v) is 2.88. The van der Waals surface area contributed by atoms with Crippen LogP contribution in [0.5, 0.6) is 0 Å². The number of piperidine rings is 1. The van der Waals surface area contributed by atoms with E-state index in [9.17, 15) is 4.79 Å². The summed E-state index contributed by atoms with van der Waals surface area (Å²) in [4.78, 5) is 14.8. The zero-order valence-corrected chi connectivity index (χ0v) is 12.4. The number of furan rings is 1. The van der Waals surface area contributed by atoms with E-state index >= 15 is 0 Å². The number of nitrogens with zero attached hydrogens (tertiary/aromatic N) is 1. The Morgan fingerprint density at radius 2 is 2.05 bits per heavy atom. The number of hydrogen-bond donors (Lipinski definition) is 0. The van der Waals surface area contributed by atoms with Crippen molar-refractivity contribution < 1.29 is 9.21 Å². The molecule has 0 unspecified atom stereocenters. The first-order valence-electron chi connectivity index (χ1n) is 6.57. The summed E-state index contributed by atoms with van der Waals surface area (Å²) in [5, 5.41) is 0.999. The summed E-state index contributed by atoms with van der Waals surface area (Å²) in [6, 6.07) is 7.81. The molecule has 0 spiro atoms. The lowest BCUT2D eigenvalue weighted by molar-refractivity contribution is 0.0698. The van der Waals surface area contributed by atoms with Crippen molar-refractivity contribution in [3.8, 4) is 0 Å². The zero-order valence-electron chi connectivity index (χ0n) is 10.9. The summed E-state index contributed by atoms with van der Waals surface area (Å²) in [6.45, 7) is 3.63. The van der Waals surface area contributed by atoms with Gasteiger partial charge in [-0.15, -0.1) is 0 Å². The number of amides is 1. The second kappa shape index (κ2) is 5.00. The molecule has 100 valence electrons. The average Bonchev–Trinajstić information content (AvgIpc) is 2.81. The van der Waals surface area contributed by atoms with E-state index in [-0.39, 0.29) is 5.91 Å². The van der Waals surface area contributed by atoms with Crippen molar-refractivity contribution in [1.82, 2.24) is 4.90 Å². The highest BCUT2D eigenvalue weighted by Gasteiger charge is 2.24. The van der Waals surface area contributed by atoms with Crippen molar-refractivity contribution in [2.75, 3.05) is 13.1 Å². The molecule has 4 heteroatoms. The normalized spacial score (nSPS) is 17.1. The molecule has 1 aromatic heterocycles. The summed E-state index contributed by atoms with van der Waals surface area (Å²) >= 11 is 3.60. The van der Waals surface area contributed by atoms with E-state index in [4.69, 9.17) is 4.42 Å². The standard InChI is InChI=1S/C15H16BrNO2/c1-10-2-3-13-11(8-10)9-14(19-13)15(18)17-6-4-12(16)5-7-17/h2-3,8-9,12H,4-7H2,1H3. The van der Waals surface area contributed by atoms with Gasteiger partial charge < -0.3 is 9.32 Å². The number of halogens is 1. The van der Waals surface area contributed by atoms with E-state index < -0.39 is 0 Å². The number of rotatable bonds is 1. The number of hydrogen-bond acceptors (Lipinski definition) is 2. The second-order valence-corrected chi connectivity index (χ2v) is 6.41. The van der Waals surface area contributed by atoms with E-state index in [2.05, 4.69) is 15.9 Å². The van der Waals surface area contributed by atoms with E-state index in [0.717, 1.165) is 36.9 Å². The number of likely N-dealkylation sites (tertiary alicyclic amines) is 1. The molecule has 0 aliphatic carbocycles. The molecule has 0 bridgehead atoms. The Hall–Kier alpha value is -1.29. The maximum absolute atomic E-state index is 12.4. The Morgan fingerprint density at radius 1 is 1.32 bits per heavy atom. The van der Waals surface area contributed by atoms with Gasteiger partial charge in [0.1, 0.15) is 5.58 Å².